The topological polar surface area (TPSA) is 22.4 Å². The van der Waals surface area contributed by atoms with Gasteiger partial charge in [-0.15, -0.1) is 11.3 Å². The zero-order chi connectivity index (χ0) is 31.1. The van der Waals surface area contributed by atoms with Crippen LogP contribution in [0.1, 0.15) is 0 Å². The van der Waals surface area contributed by atoms with E-state index in [1.54, 1.807) is 0 Å². The summed E-state index contributed by atoms with van der Waals surface area (Å²) in [5.41, 5.74) is 9.59. The second-order valence-electron chi connectivity index (χ2n) is 12.0. The first-order chi connectivity index (χ1) is 23.3. The van der Waals surface area contributed by atoms with Crippen molar-refractivity contribution in [3.05, 3.63) is 157 Å². The van der Waals surface area contributed by atoms with Crippen LogP contribution in [0.2, 0.25) is 0 Å². The largest absolute Gasteiger partial charge is 0.465 e. The average molecular weight is 617 g/mol. The van der Waals surface area contributed by atoms with Crippen LogP contribution in [-0.4, -0.2) is 4.57 Å². The Balaban J connectivity index is 1.26. The molecule has 0 radical (unpaired) electrons. The van der Waals surface area contributed by atoms with Gasteiger partial charge >= 0.3 is 0 Å². The maximum absolute atomic E-state index is 8.20. The third-order valence-corrected chi connectivity index (χ3v) is 10.5. The van der Waals surface area contributed by atoms with E-state index < -0.39 is 0 Å². The molecular formula is C43H24N2OS. The van der Waals surface area contributed by atoms with Gasteiger partial charge in [0.05, 0.1) is 23.3 Å². The molecule has 0 spiro atoms. The first-order valence-electron chi connectivity index (χ1n) is 15.6. The van der Waals surface area contributed by atoms with Crippen LogP contribution in [0.25, 0.3) is 96.7 Å². The Kier molecular flexibility index (Phi) is 5.51. The normalized spacial score (nSPS) is 11.8. The molecule has 0 unspecified atom stereocenters. The van der Waals surface area contributed by atoms with Gasteiger partial charge in [0.25, 0.3) is 0 Å². The van der Waals surface area contributed by atoms with Crippen molar-refractivity contribution in [2.24, 2.45) is 0 Å². The number of thiophene rings is 1. The van der Waals surface area contributed by atoms with Crippen molar-refractivity contribution in [2.75, 3.05) is 0 Å². The Morgan fingerprint density at radius 3 is 2.15 bits per heavy atom. The van der Waals surface area contributed by atoms with Crippen LogP contribution in [-0.2, 0) is 0 Å². The lowest BCUT2D eigenvalue weighted by Gasteiger charge is -2.10. The van der Waals surface area contributed by atoms with Gasteiger partial charge in [0.15, 0.2) is 5.58 Å². The number of furan rings is 1. The molecule has 3 nitrogen and oxygen atoms in total. The van der Waals surface area contributed by atoms with Crippen LogP contribution in [0, 0.1) is 6.57 Å². The molecule has 0 atom stereocenters. The van der Waals surface area contributed by atoms with Crippen molar-refractivity contribution in [1.29, 1.82) is 0 Å². The molecule has 4 heteroatoms. The van der Waals surface area contributed by atoms with Gasteiger partial charge in [0.2, 0.25) is 5.69 Å². The van der Waals surface area contributed by atoms with E-state index in [1.165, 1.54) is 36.5 Å². The van der Waals surface area contributed by atoms with Crippen molar-refractivity contribution in [1.82, 2.24) is 4.57 Å². The van der Waals surface area contributed by atoms with E-state index in [1.807, 2.05) is 23.5 Å². The van der Waals surface area contributed by atoms with Crippen molar-refractivity contribution < 1.29 is 4.42 Å². The maximum atomic E-state index is 8.20. The minimum Gasteiger partial charge on any atom is -0.465 e. The predicted octanol–water partition coefficient (Wildman–Crippen LogP) is 12.9. The molecule has 3 aromatic heterocycles. The van der Waals surface area contributed by atoms with E-state index in [0.717, 1.165) is 49.8 Å². The lowest BCUT2D eigenvalue weighted by molar-refractivity contribution is 0.668. The van der Waals surface area contributed by atoms with Gasteiger partial charge in [-0.2, -0.15) is 0 Å². The van der Waals surface area contributed by atoms with Crippen molar-refractivity contribution in [2.45, 2.75) is 0 Å². The van der Waals surface area contributed by atoms with Gasteiger partial charge in [0.1, 0.15) is 5.58 Å². The standard InChI is InChI=1S/C43H24N2OS/c1-44-35-24-28(29-15-10-20-40-41(29)33-14-6-8-19-39(33)47-40)23-34-32-16-9-18-37(43(32)46-42(34)35)45-36-17-7-5-13-30(36)31-22-21-27(25-38(31)45)26-11-3-2-4-12-26/h2-25H. The van der Waals surface area contributed by atoms with Crippen LogP contribution in [0.4, 0.5) is 5.69 Å². The van der Waals surface area contributed by atoms with E-state index in [2.05, 4.69) is 143 Å². The fourth-order valence-corrected chi connectivity index (χ4v) is 8.47. The number of para-hydroxylation sites is 2. The molecular weight excluding hydrogens is 593 g/mol. The predicted molar refractivity (Wildman–Crippen MR) is 198 cm³/mol. The minimum atomic E-state index is 0.518. The van der Waals surface area contributed by atoms with Crippen LogP contribution < -0.4 is 0 Å². The lowest BCUT2D eigenvalue weighted by Crippen LogP contribution is -1.94. The van der Waals surface area contributed by atoms with Gasteiger partial charge in [-0.25, -0.2) is 4.85 Å². The third kappa shape index (κ3) is 3.78. The summed E-state index contributed by atoms with van der Waals surface area (Å²) >= 11 is 1.81. The number of hydrogen-bond acceptors (Lipinski definition) is 2. The Labute approximate surface area is 274 Å². The van der Waals surface area contributed by atoms with Gasteiger partial charge < -0.3 is 8.98 Å². The van der Waals surface area contributed by atoms with Crippen LogP contribution in [0.15, 0.2) is 150 Å². The van der Waals surface area contributed by atoms with Gasteiger partial charge in [-0.05, 0) is 64.7 Å². The molecule has 218 valence electrons. The fraction of sp³-hybridized carbons (Fsp3) is 0. The van der Waals surface area contributed by atoms with E-state index in [9.17, 15) is 0 Å². The lowest BCUT2D eigenvalue weighted by atomic mass is 9.97. The molecule has 10 rings (SSSR count). The van der Waals surface area contributed by atoms with E-state index in [4.69, 9.17) is 11.0 Å². The quantitative estimate of drug-likeness (QED) is 0.181. The highest BCUT2D eigenvalue weighted by Gasteiger charge is 2.21. The summed E-state index contributed by atoms with van der Waals surface area (Å²) in [6.07, 6.45) is 0. The zero-order valence-electron chi connectivity index (χ0n) is 25.1. The monoisotopic (exact) mass is 616 g/mol. The summed E-state index contributed by atoms with van der Waals surface area (Å²) in [6, 6.07) is 51.4. The van der Waals surface area contributed by atoms with Gasteiger partial charge in [0, 0.05) is 41.7 Å². The molecule has 0 N–H and O–H groups in total. The van der Waals surface area contributed by atoms with Crippen molar-refractivity contribution >= 4 is 80.9 Å². The first-order valence-corrected chi connectivity index (χ1v) is 16.4. The Bertz CT molecular complexity index is 2920. The highest BCUT2D eigenvalue weighted by Crippen LogP contribution is 2.45. The number of nitrogens with zero attached hydrogens (tertiary/aromatic N) is 2. The summed E-state index contributed by atoms with van der Waals surface area (Å²) in [7, 11) is 0. The molecule has 0 amide bonds. The number of benzene rings is 7. The molecule has 0 aliphatic rings. The second kappa shape index (κ2) is 9.92. The number of hydrogen-bond donors (Lipinski definition) is 0. The minimum absolute atomic E-state index is 0.518. The summed E-state index contributed by atoms with van der Waals surface area (Å²) in [5.74, 6) is 0. The molecule has 0 aliphatic heterocycles. The molecule has 7 aromatic carbocycles. The maximum Gasteiger partial charge on any atom is 0.230 e. The summed E-state index contributed by atoms with van der Waals surface area (Å²) < 4.78 is 11.6. The van der Waals surface area contributed by atoms with E-state index in [-0.39, 0.29) is 0 Å². The van der Waals surface area contributed by atoms with Gasteiger partial charge in [-0.1, -0.05) is 103 Å². The molecule has 3 heterocycles. The Morgan fingerprint density at radius 2 is 1.26 bits per heavy atom. The summed E-state index contributed by atoms with van der Waals surface area (Å²) in [5, 5.41) is 6.80. The molecule has 10 aromatic rings. The zero-order valence-corrected chi connectivity index (χ0v) is 25.9. The highest BCUT2D eigenvalue weighted by molar-refractivity contribution is 7.25. The van der Waals surface area contributed by atoms with E-state index >= 15 is 0 Å². The molecule has 0 fully saturated rings. The Morgan fingerprint density at radius 1 is 0.511 bits per heavy atom. The Hall–Kier alpha value is -6.15. The van der Waals surface area contributed by atoms with E-state index in [0.29, 0.717) is 11.3 Å². The molecule has 0 saturated carbocycles. The fourth-order valence-electron chi connectivity index (χ4n) is 7.34. The summed E-state index contributed by atoms with van der Waals surface area (Å²) in [4.78, 5) is 4.00. The van der Waals surface area contributed by atoms with Crippen LogP contribution in [0.5, 0.6) is 0 Å². The average Bonchev–Trinajstić information content (AvgIpc) is 3.81. The number of aromatic nitrogens is 1. The number of fused-ring (bicyclic) bond motifs is 9. The summed E-state index contributed by atoms with van der Waals surface area (Å²) in [6.45, 7) is 8.20. The third-order valence-electron chi connectivity index (χ3n) is 9.41. The number of rotatable bonds is 3. The first kappa shape index (κ1) is 26.1. The SMILES string of the molecule is [C-]#[N+]c1cc(-c2cccc3sc4ccccc4c23)cc2c1oc1c(-n3c4ccccc4c4ccc(-c5ccccc5)cc43)cccc12. The molecule has 0 saturated heterocycles. The molecule has 0 bridgehead atoms. The van der Waals surface area contributed by atoms with Crippen LogP contribution in [0.3, 0.4) is 0 Å². The smallest absolute Gasteiger partial charge is 0.230 e. The van der Waals surface area contributed by atoms with Crippen molar-refractivity contribution in [3.8, 4) is 27.9 Å². The van der Waals surface area contributed by atoms with Crippen LogP contribution >= 0.6 is 11.3 Å². The highest BCUT2D eigenvalue weighted by atomic mass is 32.1. The van der Waals surface area contributed by atoms with Crippen molar-refractivity contribution in [3.63, 3.8) is 0 Å². The second-order valence-corrected chi connectivity index (χ2v) is 13.1. The molecule has 47 heavy (non-hydrogen) atoms. The van der Waals surface area contributed by atoms with Gasteiger partial charge in [-0.3, -0.25) is 0 Å². The molecule has 0 aliphatic carbocycles.